The molecule has 1 aliphatic heterocycles. The number of benzene rings is 1. The molecule has 3 rings (SSSR count). The lowest BCUT2D eigenvalue weighted by molar-refractivity contribution is -0.148. The predicted octanol–water partition coefficient (Wildman–Crippen LogP) is 2.53. The number of nitrogen functional groups attached to an aromatic ring is 1. The molecule has 1 fully saturated rings. The lowest BCUT2D eigenvalue weighted by Crippen LogP contribution is -2.43. The third-order valence-electron chi connectivity index (χ3n) is 4.58. The van der Waals surface area contributed by atoms with Crippen LogP contribution >= 0.6 is 11.6 Å². The summed E-state index contributed by atoms with van der Waals surface area (Å²) in [5.41, 5.74) is 6.14. The van der Waals surface area contributed by atoms with Gasteiger partial charge < -0.3 is 20.1 Å². The molecule has 0 aliphatic carbocycles. The highest BCUT2D eigenvalue weighted by Gasteiger charge is 2.46. The Morgan fingerprint density at radius 2 is 2.19 bits per heavy atom. The number of nitrogens with zero attached hydrogens (tertiary/aromatic N) is 3. The molecule has 0 radical (unpaired) electrons. The normalized spacial score (nSPS) is 19.2. The molecule has 1 aromatic heterocycles. The Morgan fingerprint density at radius 1 is 1.41 bits per heavy atom. The Labute approximate surface area is 161 Å². The molecule has 0 amide bonds. The van der Waals surface area contributed by atoms with Crippen molar-refractivity contribution in [2.75, 3.05) is 44.5 Å². The van der Waals surface area contributed by atoms with Crippen molar-refractivity contribution in [1.82, 2.24) is 10.2 Å². The summed E-state index contributed by atoms with van der Waals surface area (Å²) >= 11 is 5.93. The molecule has 2 aromatic rings. The van der Waals surface area contributed by atoms with Crippen molar-refractivity contribution in [1.29, 1.82) is 0 Å². The molecule has 1 saturated heterocycles. The Balaban J connectivity index is 1.87. The van der Waals surface area contributed by atoms with Crippen LogP contribution in [0.25, 0.3) is 11.3 Å². The topological polar surface area (TPSA) is 90.6 Å². The summed E-state index contributed by atoms with van der Waals surface area (Å²) in [6, 6.07) is 5.71. The lowest BCUT2D eigenvalue weighted by atomic mass is 9.87. The number of anilines is 2. The number of hydrogen-bond acceptors (Lipinski definition) is 7. The van der Waals surface area contributed by atoms with Crippen molar-refractivity contribution in [2.24, 2.45) is 5.41 Å². The number of methoxy groups -OCH3 is 1. The van der Waals surface area contributed by atoms with Crippen molar-refractivity contribution in [3.05, 3.63) is 35.1 Å². The minimum Gasteiger partial charge on any atom is -0.465 e. The fraction of sp³-hybridized carbons (Fsp3) is 0.389. The van der Waals surface area contributed by atoms with E-state index in [0.717, 1.165) is 0 Å². The van der Waals surface area contributed by atoms with E-state index in [9.17, 15) is 9.18 Å². The van der Waals surface area contributed by atoms with Gasteiger partial charge in [-0.1, -0.05) is 11.6 Å². The van der Waals surface area contributed by atoms with E-state index in [4.69, 9.17) is 26.8 Å². The van der Waals surface area contributed by atoms with Gasteiger partial charge in [-0.05, 0) is 24.3 Å². The largest absolute Gasteiger partial charge is 0.465 e. The number of rotatable bonds is 6. The first-order valence-corrected chi connectivity index (χ1v) is 8.70. The Hall–Kier alpha value is -2.45. The third-order valence-corrected chi connectivity index (χ3v) is 4.81. The van der Waals surface area contributed by atoms with Crippen LogP contribution in [0.5, 0.6) is 0 Å². The standard InChI is InChI=1S/C18H20ClFN4O3/c1-24(9-18(10-26-2)5-6-27-17(18)25)16-14(21)8-15(22-23-16)12-7-11(19)3-4-13(12)20/h3-4,7-8H,5-6,9-10H2,1-2H3,(H2,21,22)/t18-/m0/s1. The summed E-state index contributed by atoms with van der Waals surface area (Å²) in [7, 11) is 3.29. The highest BCUT2D eigenvalue weighted by atomic mass is 35.5. The van der Waals surface area contributed by atoms with Crippen LogP contribution in [0.3, 0.4) is 0 Å². The summed E-state index contributed by atoms with van der Waals surface area (Å²) < 4.78 is 24.4. The van der Waals surface area contributed by atoms with E-state index < -0.39 is 11.2 Å². The lowest BCUT2D eigenvalue weighted by Gasteiger charge is -2.30. The second-order valence-electron chi connectivity index (χ2n) is 6.59. The van der Waals surface area contributed by atoms with Gasteiger partial charge in [0.15, 0.2) is 5.82 Å². The minimum atomic E-state index is -0.782. The van der Waals surface area contributed by atoms with Gasteiger partial charge in [0.2, 0.25) is 0 Å². The molecule has 0 bridgehead atoms. The predicted molar refractivity (Wildman–Crippen MR) is 100 cm³/mol. The van der Waals surface area contributed by atoms with E-state index in [1.807, 2.05) is 0 Å². The van der Waals surface area contributed by atoms with E-state index in [2.05, 4.69) is 10.2 Å². The number of ether oxygens (including phenoxy) is 2. The number of carbonyl (C=O) groups is 1. The van der Waals surface area contributed by atoms with Gasteiger partial charge in [-0.3, -0.25) is 4.79 Å². The number of halogens is 2. The van der Waals surface area contributed by atoms with Gasteiger partial charge >= 0.3 is 5.97 Å². The van der Waals surface area contributed by atoms with Gasteiger partial charge in [0.1, 0.15) is 11.2 Å². The highest BCUT2D eigenvalue weighted by Crippen LogP contribution is 2.34. The minimum absolute atomic E-state index is 0.214. The van der Waals surface area contributed by atoms with E-state index >= 15 is 0 Å². The van der Waals surface area contributed by atoms with Crippen LogP contribution in [-0.4, -0.2) is 50.1 Å². The van der Waals surface area contributed by atoms with E-state index in [1.54, 1.807) is 11.9 Å². The van der Waals surface area contributed by atoms with Crippen LogP contribution in [0.1, 0.15) is 6.42 Å². The Bertz CT molecular complexity index is 866. The maximum Gasteiger partial charge on any atom is 0.316 e. The molecule has 2 N–H and O–H groups in total. The molecule has 9 heteroatoms. The average molecular weight is 395 g/mol. The van der Waals surface area contributed by atoms with E-state index in [-0.39, 0.29) is 23.8 Å². The molecule has 1 atom stereocenters. The molecule has 0 spiro atoms. The molecule has 0 saturated carbocycles. The summed E-state index contributed by atoms with van der Waals surface area (Å²) in [5.74, 6) is -0.390. The molecule has 1 aliphatic rings. The summed E-state index contributed by atoms with van der Waals surface area (Å²) in [5, 5.41) is 8.59. The average Bonchev–Trinajstić information content (AvgIpc) is 2.97. The highest BCUT2D eigenvalue weighted by molar-refractivity contribution is 6.30. The van der Waals surface area contributed by atoms with Gasteiger partial charge in [-0.25, -0.2) is 4.39 Å². The third kappa shape index (κ3) is 3.81. The van der Waals surface area contributed by atoms with Crippen molar-refractivity contribution in [3.63, 3.8) is 0 Å². The number of cyclic esters (lactones) is 1. The van der Waals surface area contributed by atoms with Gasteiger partial charge in [0.25, 0.3) is 0 Å². The van der Waals surface area contributed by atoms with E-state index in [1.165, 1.54) is 31.4 Å². The van der Waals surface area contributed by atoms with Crippen LogP contribution in [0, 0.1) is 11.2 Å². The molecular weight excluding hydrogens is 375 g/mol. The summed E-state index contributed by atoms with van der Waals surface area (Å²) in [6.07, 6.45) is 0.545. The van der Waals surface area contributed by atoms with Crippen molar-refractivity contribution >= 4 is 29.1 Å². The van der Waals surface area contributed by atoms with Crippen LogP contribution < -0.4 is 10.6 Å². The van der Waals surface area contributed by atoms with Crippen LogP contribution in [0.4, 0.5) is 15.9 Å². The van der Waals surface area contributed by atoms with Gasteiger partial charge in [-0.2, -0.15) is 0 Å². The molecule has 1 aromatic carbocycles. The number of hydrogen-bond donors (Lipinski definition) is 1. The van der Waals surface area contributed by atoms with Gasteiger partial charge in [0, 0.05) is 37.7 Å². The first kappa shape index (κ1) is 19.3. The Morgan fingerprint density at radius 3 is 2.81 bits per heavy atom. The van der Waals surface area contributed by atoms with Crippen LogP contribution in [0.15, 0.2) is 24.3 Å². The summed E-state index contributed by atoms with van der Waals surface area (Å²) in [6.45, 7) is 0.892. The number of nitrogens with two attached hydrogens (primary N) is 1. The first-order valence-electron chi connectivity index (χ1n) is 8.32. The molecule has 2 heterocycles. The number of esters is 1. The number of carbonyl (C=O) groups excluding carboxylic acids is 1. The quantitative estimate of drug-likeness (QED) is 0.753. The molecular formula is C18H20ClFN4O3. The van der Waals surface area contributed by atoms with Crippen LogP contribution in [-0.2, 0) is 14.3 Å². The molecule has 27 heavy (non-hydrogen) atoms. The smallest absolute Gasteiger partial charge is 0.316 e. The van der Waals surface area contributed by atoms with Gasteiger partial charge in [0.05, 0.1) is 24.6 Å². The molecule has 0 unspecified atom stereocenters. The van der Waals surface area contributed by atoms with Crippen molar-refractivity contribution < 1.29 is 18.7 Å². The monoisotopic (exact) mass is 394 g/mol. The SMILES string of the molecule is COC[C@@]1(CN(C)c2nnc(-c3cc(Cl)ccc3F)cc2N)CCOC1=O. The first-order chi connectivity index (χ1) is 12.9. The number of aromatic nitrogens is 2. The van der Waals surface area contributed by atoms with Gasteiger partial charge in [-0.15, -0.1) is 10.2 Å². The maximum atomic E-state index is 14.1. The fourth-order valence-electron chi connectivity index (χ4n) is 3.24. The fourth-order valence-corrected chi connectivity index (χ4v) is 3.41. The van der Waals surface area contributed by atoms with Crippen molar-refractivity contribution in [2.45, 2.75) is 6.42 Å². The maximum absolute atomic E-state index is 14.1. The molecule has 7 nitrogen and oxygen atoms in total. The summed E-state index contributed by atoms with van der Waals surface area (Å²) in [4.78, 5) is 13.9. The Kier molecular flexibility index (Phi) is 5.48. The molecule has 144 valence electrons. The zero-order valence-electron chi connectivity index (χ0n) is 15.0. The second-order valence-corrected chi connectivity index (χ2v) is 7.02. The van der Waals surface area contributed by atoms with E-state index in [0.29, 0.717) is 36.1 Å². The second kappa shape index (κ2) is 7.66. The van der Waals surface area contributed by atoms with Crippen LogP contribution in [0.2, 0.25) is 5.02 Å². The van der Waals surface area contributed by atoms with Crippen molar-refractivity contribution in [3.8, 4) is 11.3 Å². The zero-order valence-corrected chi connectivity index (χ0v) is 15.8. The zero-order chi connectivity index (χ0) is 19.6.